The lowest BCUT2D eigenvalue weighted by atomic mass is 10.1. The summed E-state index contributed by atoms with van der Waals surface area (Å²) in [7, 11) is 0. The van der Waals surface area contributed by atoms with Gasteiger partial charge >= 0.3 is 0 Å². The van der Waals surface area contributed by atoms with Crippen molar-refractivity contribution in [1.82, 2.24) is 9.55 Å². The molecule has 16 heavy (non-hydrogen) atoms. The molecular weight excluding hydrogens is 205 g/mol. The number of rotatable bonds is 3. The smallest absolute Gasteiger partial charge is 0.128 e. The first kappa shape index (κ1) is 10.8. The highest BCUT2D eigenvalue weighted by Gasteiger charge is 2.13. The normalized spacial score (nSPS) is 12.7. The Labute approximate surface area is 93.7 Å². The highest BCUT2D eigenvalue weighted by Crippen LogP contribution is 2.21. The number of nitrogens with zero attached hydrogens (tertiary/aromatic N) is 2. The van der Waals surface area contributed by atoms with E-state index in [0.29, 0.717) is 12.1 Å². The van der Waals surface area contributed by atoms with E-state index in [-0.39, 0.29) is 11.9 Å². The molecular formula is C12H14FN3. The Kier molecular flexibility index (Phi) is 3.01. The lowest BCUT2D eigenvalue weighted by Gasteiger charge is -2.16. The fourth-order valence-electron chi connectivity index (χ4n) is 1.80. The minimum absolute atomic E-state index is 0.0951. The molecule has 1 aromatic carbocycles. The van der Waals surface area contributed by atoms with Crippen molar-refractivity contribution in [3.8, 4) is 0 Å². The number of hydrogen-bond acceptors (Lipinski definition) is 2. The lowest BCUT2D eigenvalue weighted by molar-refractivity contribution is 0.546. The van der Waals surface area contributed by atoms with Crippen molar-refractivity contribution in [1.29, 1.82) is 0 Å². The average Bonchev–Trinajstić information content (AvgIpc) is 2.77. The van der Waals surface area contributed by atoms with Crippen LogP contribution in [0, 0.1) is 5.82 Å². The van der Waals surface area contributed by atoms with Crippen molar-refractivity contribution in [3.63, 3.8) is 0 Å². The number of hydrogen-bond donors (Lipinski definition) is 1. The van der Waals surface area contributed by atoms with Crippen molar-refractivity contribution >= 4 is 0 Å². The number of nitrogens with two attached hydrogens (primary N) is 1. The van der Waals surface area contributed by atoms with Gasteiger partial charge in [-0.1, -0.05) is 18.2 Å². The van der Waals surface area contributed by atoms with Crippen molar-refractivity contribution in [2.24, 2.45) is 5.73 Å². The maximum Gasteiger partial charge on any atom is 0.128 e. The first-order valence-electron chi connectivity index (χ1n) is 5.19. The quantitative estimate of drug-likeness (QED) is 0.859. The molecule has 1 atom stereocenters. The summed E-state index contributed by atoms with van der Waals surface area (Å²) >= 11 is 0. The van der Waals surface area contributed by atoms with E-state index in [4.69, 9.17) is 5.73 Å². The maximum atomic E-state index is 13.6. The molecule has 0 spiro atoms. The van der Waals surface area contributed by atoms with E-state index in [1.165, 1.54) is 6.07 Å². The molecule has 0 saturated heterocycles. The first-order valence-corrected chi connectivity index (χ1v) is 5.19. The number of imidazole rings is 1. The maximum absolute atomic E-state index is 13.6. The van der Waals surface area contributed by atoms with Gasteiger partial charge in [-0.25, -0.2) is 9.37 Å². The van der Waals surface area contributed by atoms with Crippen LogP contribution < -0.4 is 5.73 Å². The summed E-state index contributed by atoms with van der Waals surface area (Å²) in [5.74, 6) is -0.202. The fraction of sp³-hybridized carbons (Fsp3) is 0.250. The molecule has 2 aromatic rings. The van der Waals surface area contributed by atoms with Gasteiger partial charge in [-0.05, 0) is 13.0 Å². The number of halogens is 1. The summed E-state index contributed by atoms with van der Waals surface area (Å²) in [5.41, 5.74) is 7.14. The van der Waals surface area contributed by atoms with Crippen LogP contribution in [-0.2, 0) is 6.54 Å². The zero-order valence-corrected chi connectivity index (χ0v) is 9.10. The van der Waals surface area contributed by atoms with Crippen molar-refractivity contribution in [2.45, 2.75) is 19.5 Å². The van der Waals surface area contributed by atoms with E-state index >= 15 is 0 Å². The molecule has 0 amide bonds. The van der Waals surface area contributed by atoms with Gasteiger partial charge in [-0.3, -0.25) is 0 Å². The summed E-state index contributed by atoms with van der Waals surface area (Å²) < 4.78 is 15.5. The number of benzene rings is 1. The second-order valence-electron chi connectivity index (χ2n) is 3.69. The Hall–Kier alpha value is -1.68. The van der Waals surface area contributed by atoms with Gasteiger partial charge in [0.2, 0.25) is 0 Å². The van der Waals surface area contributed by atoms with Crippen molar-refractivity contribution in [2.75, 3.05) is 0 Å². The van der Waals surface area contributed by atoms with Gasteiger partial charge < -0.3 is 10.3 Å². The van der Waals surface area contributed by atoms with Gasteiger partial charge in [0.25, 0.3) is 0 Å². The van der Waals surface area contributed by atoms with E-state index in [1.54, 1.807) is 24.7 Å². The van der Waals surface area contributed by atoms with Crippen LogP contribution in [0.1, 0.15) is 24.2 Å². The Morgan fingerprint density at radius 3 is 2.88 bits per heavy atom. The van der Waals surface area contributed by atoms with Crippen LogP contribution in [0.15, 0.2) is 36.8 Å². The molecule has 1 aromatic heterocycles. The minimum Gasteiger partial charge on any atom is -0.326 e. The third-order valence-electron chi connectivity index (χ3n) is 2.73. The Balaban J connectivity index is 2.39. The molecule has 2 N–H and O–H groups in total. The Morgan fingerprint density at radius 1 is 1.44 bits per heavy atom. The van der Waals surface area contributed by atoms with Gasteiger partial charge in [-0.2, -0.15) is 0 Å². The molecule has 0 fully saturated rings. The van der Waals surface area contributed by atoms with Gasteiger partial charge in [-0.15, -0.1) is 0 Å². The average molecular weight is 219 g/mol. The highest BCUT2D eigenvalue weighted by molar-refractivity contribution is 5.22. The monoisotopic (exact) mass is 219 g/mol. The molecule has 3 nitrogen and oxygen atoms in total. The van der Waals surface area contributed by atoms with Gasteiger partial charge in [0, 0.05) is 18.3 Å². The third kappa shape index (κ3) is 1.84. The van der Waals surface area contributed by atoms with E-state index in [9.17, 15) is 4.39 Å². The zero-order valence-electron chi connectivity index (χ0n) is 9.10. The molecule has 0 bridgehead atoms. The Morgan fingerprint density at radius 2 is 2.19 bits per heavy atom. The predicted molar refractivity (Wildman–Crippen MR) is 60.3 cm³/mol. The molecule has 0 radical (unpaired) electrons. The van der Waals surface area contributed by atoms with Crippen LogP contribution in [0.5, 0.6) is 0 Å². The van der Waals surface area contributed by atoms with E-state index in [1.807, 2.05) is 17.6 Å². The van der Waals surface area contributed by atoms with Crippen LogP contribution >= 0.6 is 0 Å². The van der Waals surface area contributed by atoms with Gasteiger partial charge in [0.05, 0.1) is 18.1 Å². The molecule has 84 valence electrons. The Bertz CT molecular complexity index is 479. The minimum atomic E-state index is -0.202. The SMILES string of the molecule is CC(c1ccccc1F)n1cncc1CN. The number of aromatic nitrogens is 2. The molecule has 0 aliphatic rings. The summed E-state index contributed by atoms with van der Waals surface area (Å²) in [5, 5.41) is 0. The molecule has 2 rings (SSSR count). The van der Waals surface area contributed by atoms with Crippen molar-refractivity contribution < 1.29 is 4.39 Å². The molecule has 0 aliphatic carbocycles. The zero-order chi connectivity index (χ0) is 11.5. The van der Waals surface area contributed by atoms with Crippen LogP contribution in [0.2, 0.25) is 0 Å². The van der Waals surface area contributed by atoms with Crippen LogP contribution in [0.25, 0.3) is 0 Å². The third-order valence-corrected chi connectivity index (χ3v) is 2.73. The van der Waals surface area contributed by atoms with Crippen molar-refractivity contribution in [3.05, 3.63) is 53.9 Å². The summed E-state index contributed by atoms with van der Waals surface area (Å²) in [6.07, 6.45) is 3.39. The molecule has 1 unspecified atom stereocenters. The highest BCUT2D eigenvalue weighted by atomic mass is 19.1. The standard InChI is InChI=1S/C12H14FN3/c1-9(11-4-2-3-5-12(11)13)16-8-15-7-10(16)6-14/h2-5,7-9H,6,14H2,1H3. The summed E-state index contributed by atoms with van der Waals surface area (Å²) in [4.78, 5) is 4.03. The van der Waals surface area contributed by atoms with Gasteiger partial charge in [0.15, 0.2) is 0 Å². The second kappa shape index (κ2) is 4.45. The fourth-order valence-corrected chi connectivity index (χ4v) is 1.80. The van der Waals surface area contributed by atoms with E-state index in [0.717, 1.165) is 5.69 Å². The summed E-state index contributed by atoms with van der Waals surface area (Å²) in [6.45, 7) is 2.33. The van der Waals surface area contributed by atoms with Crippen LogP contribution in [0.4, 0.5) is 4.39 Å². The van der Waals surface area contributed by atoms with Crippen LogP contribution in [-0.4, -0.2) is 9.55 Å². The molecule has 4 heteroatoms. The predicted octanol–water partition coefficient (Wildman–Crippen LogP) is 2.09. The van der Waals surface area contributed by atoms with E-state index in [2.05, 4.69) is 4.98 Å². The molecule has 0 aliphatic heterocycles. The van der Waals surface area contributed by atoms with E-state index < -0.39 is 0 Å². The second-order valence-corrected chi connectivity index (χ2v) is 3.69. The molecule has 1 heterocycles. The van der Waals surface area contributed by atoms with Gasteiger partial charge in [0.1, 0.15) is 5.82 Å². The largest absolute Gasteiger partial charge is 0.326 e. The first-order chi connectivity index (χ1) is 7.74. The van der Waals surface area contributed by atoms with Crippen LogP contribution in [0.3, 0.4) is 0 Å². The topological polar surface area (TPSA) is 43.8 Å². The molecule has 0 saturated carbocycles. The summed E-state index contributed by atoms with van der Waals surface area (Å²) in [6, 6.07) is 6.66. The lowest BCUT2D eigenvalue weighted by Crippen LogP contribution is -2.13.